The number of rotatable bonds is 10. The third-order valence-electron chi connectivity index (χ3n) is 4.98. The maximum atomic E-state index is 12.8. The van der Waals surface area contributed by atoms with Gasteiger partial charge in [0.2, 0.25) is 10.0 Å². The van der Waals surface area contributed by atoms with Crippen molar-refractivity contribution in [3.05, 3.63) is 59.7 Å². The molecule has 2 aromatic carbocycles. The predicted octanol–water partition coefficient (Wildman–Crippen LogP) is 4.16. The lowest BCUT2D eigenvalue weighted by molar-refractivity contribution is 0.252. The second-order valence-corrected chi connectivity index (χ2v) is 10.2. The summed E-state index contributed by atoms with van der Waals surface area (Å²) in [5.41, 5.74) is 2.47. The smallest absolute Gasteiger partial charge is 0.277 e. The zero-order valence-electron chi connectivity index (χ0n) is 18.6. The number of hydrogen-bond donors (Lipinski definition) is 1. The van der Waals surface area contributed by atoms with E-state index in [2.05, 4.69) is 20.2 Å². The van der Waals surface area contributed by atoms with Gasteiger partial charge in [-0.05, 0) is 42.8 Å². The minimum Gasteiger partial charge on any atom is -0.484 e. The number of sulfonamides is 1. The van der Waals surface area contributed by atoms with E-state index in [9.17, 15) is 8.42 Å². The quantitative estimate of drug-likeness (QED) is 0.332. The summed E-state index contributed by atoms with van der Waals surface area (Å²) in [4.78, 5) is 7.96. The number of imidazole rings is 1. The van der Waals surface area contributed by atoms with Gasteiger partial charge in [-0.25, -0.2) is 13.4 Å². The lowest BCUT2D eigenvalue weighted by Crippen LogP contribution is -2.30. The molecule has 0 saturated carbocycles. The first-order valence-electron chi connectivity index (χ1n) is 10.5. The molecule has 174 valence electrons. The van der Waals surface area contributed by atoms with E-state index in [0.29, 0.717) is 46.8 Å². The maximum Gasteiger partial charge on any atom is 0.277 e. The lowest BCUT2D eigenvalue weighted by atomic mass is 10.2. The minimum absolute atomic E-state index is 0.186. The van der Waals surface area contributed by atoms with E-state index in [0.717, 1.165) is 11.3 Å². The largest absolute Gasteiger partial charge is 0.484 e. The molecule has 2 heterocycles. The number of aryl methyl sites for hydroxylation is 1. The van der Waals surface area contributed by atoms with Gasteiger partial charge in [0, 0.05) is 13.1 Å². The summed E-state index contributed by atoms with van der Waals surface area (Å²) in [6, 6.07) is 12.7. The monoisotopic (exact) mass is 487 g/mol. The standard InChI is InChI=1S/C22H25N5O4S2/c1-4-27(5-2)33(28,29)17-9-10-18-19(12-17)24-20(23-18)14-32-22-26-25-21(31-22)13-30-16-8-6-7-15(3)11-16/h6-12H,4-5,13-14H2,1-3H3,(H,23,24). The van der Waals surface area contributed by atoms with Gasteiger partial charge in [0.25, 0.3) is 11.1 Å². The number of nitrogens with one attached hydrogen (secondary N) is 1. The van der Waals surface area contributed by atoms with E-state index in [4.69, 9.17) is 9.15 Å². The summed E-state index contributed by atoms with van der Waals surface area (Å²) in [7, 11) is -3.53. The summed E-state index contributed by atoms with van der Waals surface area (Å²) in [6.07, 6.45) is 0. The Morgan fingerprint density at radius 1 is 1.12 bits per heavy atom. The number of thioether (sulfide) groups is 1. The molecule has 0 spiro atoms. The highest BCUT2D eigenvalue weighted by atomic mass is 32.2. The molecule has 0 bridgehead atoms. The molecule has 0 fully saturated rings. The van der Waals surface area contributed by atoms with Crippen molar-refractivity contribution in [2.75, 3.05) is 13.1 Å². The van der Waals surface area contributed by atoms with Gasteiger partial charge in [0.1, 0.15) is 11.6 Å². The average Bonchev–Trinajstić information content (AvgIpc) is 3.43. The van der Waals surface area contributed by atoms with Crippen molar-refractivity contribution in [1.82, 2.24) is 24.5 Å². The number of ether oxygens (including phenoxy) is 1. The first-order valence-corrected chi connectivity index (χ1v) is 12.9. The van der Waals surface area contributed by atoms with Crippen LogP contribution in [-0.4, -0.2) is 46.0 Å². The Labute approximate surface area is 196 Å². The molecule has 0 radical (unpaired) electrons. The molecule has 0 aliphatic rings. The predicted molar refractivity (Wildman–Crippen MR) is 126 cm³/mol. The van der Waals surface area contributed by atoms with Crippen molar-refractivity contribution in [1.29, 1.82) is 0 Å². The summed E-state index contributed by atoms with van der Waals surface area (Å²) in [5, 5.41) is 8.46. The Bertz CT molecular complexity index is 1350. The van der Waals surface area contributed by atoms with E-state index in [1.165, 1.54) is 16.1 Å². The maximum absolute atomic E-state index is 12.8. The normalized spacial score (nSPS) is 12.0. The third-order valence-corrected chi connectivity index (χ3v) is 7.85. The summed E-state index contributed by atoms with van der Waals surface area (Å²) in [6.45, 7) is 6.67. The number of benzene rings is 2. The number of fused-ring (bicyclic) bond motifs is 1. The third kappa shape index (κ3) is 5.37. The van der Waals surface area contributed by atoms with Crippen molar-refractivity contribution in [3.63, 3.8) is 0 Å². The molecule has 0 unspecified atom stereocenters. The molecule has 2 aromatic heterocycles. The van der Waals surface area contributed by atoms with Gasteiger partial charge in [0.05, 0.1) is 21.7 Å². The molecular weight excluding hydrogens is 462 g/mol. The molecule has 1 N–H and O–H groups in total. The highest BCUT2D eigenvalue weighted by Gasteiger charge is 2.22. The van der Waals surface area contributed by atoms with E-state index in [1.807, 2.05) is 45.0 Å². The fourth-order valence-corrected chi connectivity index (χ4v) is 5.45. The van der Waals surface area contributed by atoms with Crippen LogP contribution in [0.5, 0.6) is 5.75 Å². The molecule has 4 rings (SSSR count). The van der Waals surface area contributed by atoms with E-state index >= 15 is 0 Å². The molecule has 11 heteroatoms. The average molecular weight is 488 g/mol. The van der Waals surface area contributed by atoms with Crippen LogP contribution in [0.4, 0.5) is 0 Å². The molecule has 4 aromatic rings. The second-order valence-electron chi connectivity index (χ2n) is 7.31. The van der Waals surface area contributed by atoms with Crippen LogP contribution in [0.3, 0.4) is 0 Å². The summed E-state index contributed by atoms with van der Waals surface area (Å²) < 4.78 is 38.3. The second kappa shape index (κ2) is 9.94. The van der Waals surface area contributed by atoms with Crippen LogP contribution in [0.1, 0.15) is 31.1 Å². The van der Waals surface area contributed by atoms with E-state index in [1.54, 1.807) is 18.2 Å². The first kappa shape index (κ1) is 23.3. The highest BCUT2D eigenvalue weighted by molar-refractivity contribution is 7.98. The van der Waals surface area contributed by atoms with Crippen molar-refractivity contribution in [3.8, 4) is 5.75 Å². The number of aromatic amines is 1. The molecule has 33 heavy (non-hydrogen) atoms. The van der Waals surface area contributed by atoms with Gasteiger partial charge in [-0.15, -0.1) is 10.2 Å². The van der Waals surface area contributed by atoms with Crippen LogP contribution in [0.15, 0.2) is 57.0 Å². The van der Waals surface area contributed by atoms with E-state index in [-0.39, 0.29) is 11.5 Å². The molecule has 0 atom stereocenters. The van der Waals surface area contributed by atoms with Crippen LogP contribution in [-0.2, 0) is 22.4 Å². The zero-order valence-corrected chi connectivity index (χ0v) is 20.2. The Kier molecular flexibility index (Phi) is 7.01. The van der Waals surface area contributed by atoms with Gasteiger partial charge >= 0.3 is 0 Å². The number of aromatic nitrogens is 4. The van der Waals surface area contributed by atoms with Crippen molar-refractivity contribution in [2.24, 2.45) is 0 Å². The first-order chi connectivity index (χ1) is 15.9. The Morgan fingerprint density at radius 2 is 1.94 bits per heavy atom. The van der Waals surface area contributed by atoms with Crippen molar-refractivity contribution >= 4 is 32.8 Å². The van der Waals surface area contributed by atoms with Gasteiger partial charge in [0.15, 0.2) is 6.61 Å². The van der Waals surface area contributed by atoms with Gasteiger partial charge < -0.3 is 14.1 Å². The fraction of sp³-hybridized carbons (Fsp3) is 0.318. The van der Waals surface area contributed by atoms with Crippen LogP contribution in [0, 0.1) is 6.92 Å². The number of hydrogen-bond acceptors (Lipinski definition) is 8. The van der Waals surface area contributed by atoms with Crippen molar-refractivity contribution < 1.29 is 17.6 Å². The Balaban J connectivity index is 1.40. The molecule has 0 aliphatic carbocycles. The van der Waals surface area contributed by atoms with Crippen LogP contribution < -0.4 is 4.74 Å². The molecule has 0 saturated heterocycles. The molecule has 0 aliphatic heterocycles. The van der Waals surface area contributed by atoms with Gasteiger partial charge in [-0.1, -0.05) is 37.7 Å². The molecule has 9 nitrogen and oxygen atoms in total. The lowest BCUT2D eigenvalue weighted by Gasteiger charge is -2.18. The van der Waals surface area contributed by atoms with E-state index < -0.39 is 10.0 Å². The van der Waals surface area contributed by atoms with Crippen LogP contribution in [0.25, 0.3) is 11.0 Å². The van der Waals surface area contributed by atoms with Gasteiger partial charge in [-0.3, -0.25) is 0 Å². The van der Waals surface area contributed by atoms with Gasteiger partial charge in [-0.2, -0.15) is 4.31 Å². The summed E-state index contributed by atoms with van der Waals surface area (Å²) in [5.74, 6) is 2.28. The van der Waals surface area contributed by atoms with Crippen molar-refractivity contribution in [2.45, 2.75) is 43.2 Å². The molecular formula is C22H25N5O4S2. The summed E-state index contributed by atoms with van der Waals surface area (Å²) >= 11 is 1.34. The Morgan fingerprint density at radius 3 is 2.70 bits per heavy atom. The molecule has 0 amide bonds. The zero-order chi connectivity index (χ0) is 23.4. The van der Waals surface area contributed by atoms with Crippen LogP contribution >= 0.6 is 11.8 Å². The Hall–Kier alpha value is -2.89. The number of nitrogens with zero attached hydrogens (tertiary/aromatic N) is 4. The SMILES string of the molecule is CCN(CC)S(=O)(=O)c1ccc2nc(CSc3nnc(COc4cccc(C)c4)o3)[nH]c2c1. The fourth-order valence-electron chi connectivity index (χ4n) is 3.32. The van der Waals surface area contributed by atoms with Crippen LogP contribution in [0.2, 0.25) is 0 Å². The minimum atomic E-state index is -3.53. The number of H-pyrrole nitrogens is 1. The topological polar surface area (TPSA) is 114 Å². The highest BCUT2D eigenvalue weighted by Crippen LogP contribution is 2.25.